The van der Waals surface area contributed by atoms with Crippen LogP contribution in [0.1, 0.15) is 40.4 Å². The molecular formula is C16H24N4O3S. The molecule has 2 aromatic heterocycles. The molecule has 0 spiro atoms. The van der Waals surface area contributed by atoms with Gasteiger partial charge < -0.3 is 5.11 Å². The van der Waals surface area contributed by atoms with Crippen molar-refractivity contribution in [3.8, 4) is 0 Å². The predicted molar refractivity (Wildman–Crippen MR) is 95.7 cm³/mol. The van der Waals surface area contributed by atoms with Crippen molar-refractivity contribution in [3.63, 3.8) is 0 Å². The fraction of sp³-hybridized carbons (Fsp3) is 0.625. The average molecular weight is 352 g/mol. The number of aliphatic hydroxyl groups is 1. The molecule has 0 aliphatic heterocycles. The molecule has 0 aliphatic carbocycles. The lowest BCUT2D eigenvalue weighted by Crippen LogP contribution is -2.38. The van der Waals surface area contributed by atoms with E-state index in [1.54, 1.807) is 20.9 Å². The van der Waals surface area contributed by atoms with Gasteiger partial charge in [-0.3, -0.25) is 13.9 Å². The third-order valence-corrected chi connectivity index (χ3v) is 4.92. The van der Waals surface area contributed by atoms with E-state index < -0.39 is 16.9 Å². The summed E-state index contributed by atoms with van der Waals surface area (Å²) in [5.41, 5.74) is -1.77. The summed E-state index contributed by atoms with van der Waals surface area (Å²) in [4.78, 5) is 33.8. The van der Waals surface area contributed by atoms with Crippen LogP contribution in [0.2, 0.25) is 0 Å². The molecule has 2 heterocycles. The summed E-state index contributed by atoms with van der Waals surface area (Å²) in [7, 11) is 3.03. The average Bonchev–Trinajstić information content (AvgIpc) is 2.46. The Labute approximate surface area is 144 Å². The minimum absolute atomic E-state index is 0.307. The number of nitrogens with zero attached hydrogens (tertiary/aromatic N) is 4. The van der Waals surface area contributed by atoms with Gasteiger partial charge in [0.1, 0.15) is 16.2 Å². The smallest absolute Gasteiger partial charge is 0.332 e. The first kappa shape index (κ1) is 18.7. The van der Waals surface area contributed by atoms with Crippen molar-refractivity contribution in [2.75, 3.05) is 5.75 Å². The van der Waals surface area contributed by atoms with E-state index in [2.05, 4.69) is 9.97 Å². The van der Waals surface area contributed by atoms with Crippen LogP contribution in [0.3, 0.4) is 0 Å². The van der Waals surface area contributed by atoms with Crippen LogP contribution < -0.4 is 11.2 Å². The molecule has 1 N–H and O–H groups in total. The van der Waals surface area contributed by atoms with Crippen molar-refractivity contribution in [1.29, 1.82) is 0 Å². The summed E-state index contributed by atoms with van der Waals surface area (Å²) >= 11 is 1.29. The van der Waals surface area contributed by atoms with Crippen molar-refractivity contribution < 1.29 is 5.11 Å². The van der Waals surface area contributed by atoms with Crippen LogP contribution in [0.4, 0.5) is 0 Å². The summed E-state index contributed by atoms with van der Waals surface area (Å²) in [6.07, 6.45) is 0. The maximum Gasteiger partial charge on any atom is 0.332 e. The van der Waals surface area contributed by atoms with Gasteiger partial charge in [-0.15, -0.1) is 11.8 Å². The molecule has 0 aliphatic rings. The van der Waals surface area contributed by atoms with Crippen LogP contribution in [0.25, 0.3) is 11.0 Å². The Morgan fingerprint density at radius 2 is 1.62 bits per heavy atom. The molecule has 0 bridgehead atoms. The van der Waals surface area contributed by atoms with E-state index in [0.717, 1.165) is 4.57 Å². The summed E-state index contributed by atoms with van der Waals surface area (Å²) in [6.45, 7) is 9.30. The zero-order chi connectivity index (χ0) is 18.4. The topological polar surface area (TPSA) is 90.0 Å². The summed E-state index contributed by atoms with van der Waals surface area (Å²) in [5.74, 6) is 0.922. The van der Waals surface area contributed by atoms with E-state index >= 15 is 0 Å². The number of fused-ring (bicyclic) bond motifs is 1. The Morgan fingerprint density at radius 1 is 1.04 bits per heavy atom. The monoisotopic (exact) mass is 352 g/mol. The van der Waals surface area contributed by atoms with Gasteiger partial charge in [0.2, 0.25) is 0 Å². The third kappa shape index (κ3) is 3.54. The normalized spacial score (nSPS) is 12.8. The largest absolute Gasteiger partial charge is 0.390 e. The van der Waals surface area contributed by atoms with Gasteiger partial charge in [-0.05, 0) is 13.8 Å². The molecule has 0 saturated heterocycles. The molecule has 132 valence electrons. The van der Waals surface area contributed by atoms with Crippen LogP contribution in [0, 0.1) is 0 Å². The minimum Gasteiger partial charge on any atom is -0.390 e. The lowest BCUT2D eigenvalue weighted by molar-refractivity contribution is 0.107. The highest BCUT2D eigenvalue weighted by Gasteiger charge is 2.24. The molecule has 0 saturated carbocycles. The molecule has 24 heavy (non-hydrogen) atoms. The maximum absolute atomic E-state index is 12.6. The summed E-state index contributed by atoms with van der Waals surface area (Å²) < 4.78 is 2.42. The molecule has 0 amide bonds. The Kier molecular flexibility index (Phi) is 4.67. The SMILES string of the molecule is Cn1c(=O)c2c(SCC(C)(C)O)nc(C(C)(C)C)nc2n(C)c1=O. The minimum atomic E-state index is -0.907. The van der Waals surface area contributed by atoms with E-state index in [0.29, 0.717) is 27.6 Å². The summed E-state index contributed by atoms with van der Waals surface area (Å²) in [5, 5.41) is 10.8. The van der Waals surface area contributed by atoms with Gasteiger partial charge in [-0.2, -0.15) is 0 Å². The zero-order valence-corrected chi connectivity index (χ0v) is 16.0. The van der Waals surface area contributed by atoms with Gasteiger partial charge in [0.05, 0.1) is 5.60 Å². The molecule has 8 heteroatoms. The van der Waals surface area contributed by atoms with E-state index in [9.17, 15) is 14.7 Å². The molecule has 2 rings (SSSR count). The number of aryl methyl sites for hydroxylation is 1. The summed E-state index contributed by atoms with van der Waals surface area (Å²) in [6, 6.07) is 0. The molecule has 0 radical (unpaired) electrons. The van der Waals surface area contributed by atoms with Gasteiger partial charge >= 0.3 is 5.69 Å². The van der Waals surface area contributed by atoms with Gasteiger partial charge in [0.15, 0.2) is 5.65 Å². The van der Waals surface area contributed by atoms with Crippen LogP contribution in [-0.4, -0.2) is 35.6 Å². The predicted octanol–water partition coefficient (Wildman–Crippen LogP) is 1.19. The third-order valence-electron chi connectivity index (χ3n) is 3.50. The number of hydrogen-bond acceptors (Lipinski definition) is 6. The van der Waals surface area contributed by atoms with E-state index in [-0.39, 0.29) is 5.41 Å². The number of hydrogen-bond donors (Lipinski definition) is 1. The number of thioether (sulfide) groups is 1. The van der Waals surface area contributed by atoms with Crippen molar-refractivity contribution >= 4 is 22.8 Å². The first-order valence-electron chi connectivity index (χ1n) is 7.66. The quantitative estimate of drug-likeness (QED) is 0.659. The molecule has 0 fully saturated rings. The number of aromatic nitrogens is 4. The molecule has 0 aromatic carbocycles. The van der Waals surface area contributed by atoms with Gasteiger partial charge in [0.25, 0.3) is 5.56 Å². The van der Waals surface area contributed by atoms with E-state index in [1.807, 2.05) is 20.8 Å². The van der Waals surface area contributed by atoms with Crippen LogP contribution in [0.5, 0.6) is 0 Å². The first-order valence-corrected chi connectivity index (χ1v) is 8.65. The van der Waals surface area contributed by atoms with Crippen molar-refractivity contribution in [2.24, 2.45) is 14.1 Å². The standard InChI is InChI=1S/C16H24N4O3S/c1-15(2,3)13-17-10-9(11(18-13)24-8-16(4,5)23)12(21)20(7)14(22)19(10)6/h23H,8H2,1-7H3. The Balaban J connectivity index is 2.87. The molecule has 2 aromatic rings. The first-order chi connectivity index (χ1) is 10.8. The molecule has 0 unspecified atom stereocenters. The van der Waals surface area contributed by atoms with Gasteiger partial charge in [-0.1, -0.05) is 20.8 Å². The van der Waals surface area contributed by atoms with E-state index in [4.69, 9.17) is 0 Å². The second-order valence-electron chi connectivity index (χ2n) is 7.61. The zero-order valence-electron chi connectivity index (χ0n) is 15.2. The second kappa shape index (κ2) is 6.00. The van der Waals surface area contributed by atoms with Crippen LogP contribution >= 0.6 is 11.8 Å². The fourth-order valence-corrected chi connectivity index (χ4v) is 3.08. The Bertz CT molecular complexity index is 901. The lowest BCUT2D eigenvalue weighted by atomic mass is 9.96. The van der Waals surface area contributed by atoms with Crippen molar-refractivity contribution in [2.45, 2.75) is 50.7 Å². The van der Waals surface area contributed by atoms with Gasteiger partial charge in [0, 0.05) is 25.3 Å². The maximum atomic E-state index is 12.6. The van der Waals surface area contributed by atoms with Crippen LogP contribution in [-0.2, 0) is 19.5 Å². The van der Waals surface area contributed by atoms with E-state index in [1.165, 1.54) is 23.4 Å². The van der Waals surface area contributed by atoms with Gasteiger partial charge in [-0.25, -0.2) is 14.8 Å². The highest BCUT2D eigenvalue weighted by atomic mass is 32.2. The number of rotatable bonds is 3. The van der Waals surface area contributed by atoms with Crippen molar-refractivity contribution in [3.05, 3.63) is 26.7 Å². The molecule has 7 nitrogen and oxygen atoms in total. The second-order valence-corrected chi connectivity index (χ2v) is 8.57. The lowest BCUT2D eigenvalue weighted by Gasteiger charge is -2.21. The molecular weight excluding hydrogens is 328 g/mol. The van der Waals surface area contributed by atoms with Crippen LogP contribution in [0.15, 0.2) is 14.6 Å². The highest BCUT2D eigenvalue weighted by molar-refractivity contribution is 7.99. The van der Waals surface area contributed by atoms with Crippen molar-refractivity contribution in [1.82, 2.24) is 19.1 Å². The Hall–Kier alpha value is -1.67. The Morgan fingerprint density at radius 3 is 2.12 bits per heavy atom. The molecule has 0 atom stereocenters. The highest BCUT2D eigenvalue weighted by Crippen LogP contribution is 2.28. The fourth-order valence-electron chi connectivity index (χ4n) is 2.11.